The van der Waals surface area contributed by atoms with Crippen molar-refractivity contribution in [2.75, 3.05) is 5.32 Å². The molecule has 0 aliphatic rings. The Kier molecular flexibility index (Phi) is 4.63. The zero-order valence-electron chi connectivity index (χ0n) is 15.5. The number of halogens is 2. The molecular formula is C20H15ClFN5O2. The van der Waals surface area contributed by atoms with Crippen molar-refractivity contribution in [2.24, 2.45) is 7.05 Å². The summed E-state index contributed by atoms with van der Waals surface area (Å²) >= 11 is 5.77. The first-order valence-corrected chi connectivity index (χ1v) is 9.01. The average molecular weight is 412 g/mol. The van der Waals surface area contributed by atoms with Gasteiger partial charge in [0, 0.05) is 12.7 Å². The Balaban J connectivity index is 1.85. The van der Waals surface area contributed by atoms with Crippen molar-refractivity contribution in [3.8, 4) is 5.69 Å². The molecule has 7 nitrogen and oxygen atoms in total. The maximum absolute atomic E-state index is 13.4. The molecule has 4 rings (SSSR count). The summed E-state index contributed by atoms with van der Waals surface area (Å²) in [6.45, 7) is 1.94. The molecule has 0 aliphatic carbocycles. The molecule has 2 aromatic carbocycles. The molecule has 0 aliphatic heterocycles. The number of anilines is 1. The van der Waals surface area contributed by atoms with Gasteiger partial charge in [0.05, 0.1) is 17.0 Å². The summed E-state index contributed by atoms with van der Waals surface area (Å²) in [6, 6.07) is 11.2. The summed E-state index contributed by atoms with van der Waals surface area (Å²) in [6.07, 6.45) is 1.33. The number of benzene rings is 2. The average Bonchev–Trinajstić information content (AvgIpc) is 3.08. The van der Waals surface area contributed by atoms with Gasteiger partial charge >= 0.3 is 0 Å². The highest BCUT2D eigenvalue weighted by Gasteiger charge is 2.22. The van der Waals surface area contributed by atoms with Crippen molar-refractivity contribution in [3.63, 3.8) is 0 Å². The Hall–Kier alpha value is -3.52. The zero-order valence-corrected chi connectivity index (χ0v) is 16.2. The highest BCUT2D eigenvalue weighted by Crippen LogP contribution is 2.22. The maximum atomic E-state index is 13.4. The van der Waals surface area contributed by atoms with E-state index in [9.17, 15) is 14.0 Å². The number of carbonyl (C=O) groups excluding carboxylic acids is 1. The molecule has 0 atom stereocenters. The lowest BCUT2D eigenvalue weighted by Crippen LogP contribution is -2.19. The number of nitrogens with zero attached hydrogens (tertiary/aromatic N) is 4. The van der Waals surface area contributed by atoms with Gasteiger partial charge in [-0.3, -0.25) is 9.59 Å². The molecule has 0 saturated heterocycles. The number of amides is 1. The topological polar surface area (TPSA) is 81.8 Å². The molecule has 0 radical (unpaired) electrons. The summed E-state index contributed by atoms with van der Waals surface area (Å²) < 4.78 is 16.1. The Morgan fingerprint density at radius 1 is 1.17 bits per heavy atom. The minimum Gasteiger partial charge on any atom is -0.320 e. The first kappa shape index (κ1) is 18.8. The van der Waals surface area contributed by atoms with Crippen molar-refractivity contribution >= 4 is 34.2 Å². The smallest absolute Gasteiger partial charge is 0.279 e. The van der Waals surface area contributed by atoms with Crippen LogP contribution in [0.25, 0.3) is 16.7 Å². The molecule has 29 heavy (non-hydrogen) atoms. The Labute approximate surface area is 169 Å². The van der Waals surface area contributed by atoms with E-state index >= 15 is 0 Å². The molecule has 0 bridgehead atoms. The van der Waals surface area contributed by atoms with Gasteiger partial charge in [-0.1, -0.05) is 29.3 Å². The number of aryl methyl sites for hydroxylation is 2. The SMILES string of the molecule is Cc1ccc(-n2nc(C(=O)Nc3ccc(F)c(Cl)c3)c3ncn(C)c(=O)c32)cc1. The van der Waals surface area contributed by atoms with E-state index in [2.05, 4.69) is 15.4 Å². The Bertz CT molecular complexity index is 1310. The van der Waals surface area contributed by atoms with Crippen LogP contribution in [0.4, 0.5) is 10.1 Å². The van der Waals surface area contributed by atoms with Crippen LogP contribution in [0.1, 0.15) is 16.1 Å². The molecule has 0 unspecified atom stereocenters. The van der Waals surface area contributed by atoms with Crippen LogP contribution < -0.4 is 10.9 Å². The van der Waals surface area contributed by atoms with Crippen molar-refractivity contribution in [3.05, 3.63) is 81.2 Å². The highest BCUT2D eigenvalue weighted by molar-refractivity contribution is 6.31. The Morgan fingerprint density at radius 2 is 1.90 bits per heavy atom. The van der Waals surface area contributed by atoms with Gasteiger partial charge in [-0.15, -0.1) is 0 Å². The van der Waals surface area contributed by atoms with Crippen LogP contribution >= 0.6 is 11.6 Å². The predicted octanol–water partition coefficient (Wildman–Crippen LogP) is 3.47. The van der Waals surface area contributed by atoms with E-state index in [1.165, 1.54) is 27.7 Å². The minimum absolute atomic E-state index is 0.0290. The van der Waals surface area contributed by atoms with Crippen molar-refractivity contribution in [1.82, 2.24) is 19.3 Å². The normalized spacial score (nSPS) is 11.0. The lowest BCUT2D eigenvalue weighted by molar-refractivity contribution is 0.102. The van der Waals surface area contributed by atoms with E-state index in [0.717, 1.165) is 11.6 Å². The third kappa shape index (κ3) is 3.38. The summed E-state index contributed by atoms with van der Waals surface area (Å²) in [5, 5.41) is 6.84. The van der Waals surface area contributed by atoms with Crippen LogP contribution in [-0.4, -0.2) is 25.2 Å². The highest BCUT2D eigenvalue weighted by atomic mass is 35.5. The van der Waals surface area contributed by atoms with Crippen LogP contribution in [0, 0.1) is 12.7 Å². The lowest BCUT2D eigenvalue weighted by atomic mass is 10.2. The van der Waals surface area contributed by atoms with E-state index < -0.39 is 11.7 Å². The van der Waals surface area contributed by atoms with Gasteiger partial charge in [-0.05, 0) is 37.3 Å². The fourth-order valence-electron chi connectivity index (χ4n) is 2.88. The van der Waals surface area contributed by atoms with Crippen LogP contribution in [0.5, 0.6) is 0 Å². The van der Waals surface area contributed by atoms with Crippen molar-refractivity contribution < 1.29 is 9.18 Å². The summed E-state index contributed by atoms with van der Waals surface area (Å²) in [4.78, 5) is 29.8. The fourth-order valence-corrected chi connectivity index (χ4v) is 3.06. The third-order valence-electron chi connectivity index (χ3n) is 4.41. The largest absolute Gasteiger partial charge is 0.320 e. The summed E-state index contributed by atoms with van der Waals surface area (Å²) in [5.74, 6) is -1.19. The molecule has 146 valence electrons. The van der Waals surface area contributed by atoms with Gasteiger partial charge < -0.3 is 9.88 Å². The molecule has 2 aromatic heterocycles. The van der Waals surface area contributed by atoms with Crippen LogP contribution in [0.3, 0.4) is 0 Å². The zero-order chi connectivity index (χ0) is 20.7. The Morgan fingerprint density at radius 3 is 2.59 bits per heavy atom. The van der Waals surface area contributed by atoms with E-state index in [1.54, 1.807) is 19.2 Å². The lowest BCUT2D eigenvalue weighted by Gasteiger charge is -2.04. The number of carbonyl (C=O) groups is 1. The van der Waals surface area contributed by atoms with Gasteiger partial charge in [-0.2, -0.15) is 5.10 Å². The molecule has 0 fully saturated rings. The van der Waals surface area contributed by atoms with Gasteiger partial charge in [-0.25, -0.2) is 14.1 Å². The van der Waals surface area contributed by atoms with E-state index in [0.29, 0.717) is 11.4 Å². The van der Waals surface area contributed by atoms with E-state index in [1.807, 2.05) is 19.1 Å². The van der Waals surface area contributed by atoms with Gasteiger partial charge in [0.2, 0.25) is 0 Å². The summed E-state index contributed by atoms with van der Waals surface area (Å²) in [5.41, 5.74) is 1.94. The van der Waals surface area contributed by atoms with Gasteiger partial charge in [0.1, 0.15) is 11.3 Å². The third-order valence-corrected chi connectivity index (χ3v) is 4.70. The van der Waals surface area contributed by atoms with Crippen LogP contribution in [-0.2, 0) is 7.05 Å². The second kappa shape index (κ2) is 7.14. The molecule has 0 saturated carbocycles. The monoisotopic (exact) mass is 411 g/mol. The number of rotatable bonds is 3. The molecule has 0 spiro atoms. The molecule has 2 heterocycles. The van der Waals surface area contributed by atoms with Crippen LogP contribution in [0.2, 0.25) is 5.02 Å². The minimum atomic E-state index is -0.594. The van der Waals surface area contributed by atoms with Gasteiger partial charge in [0.15, 0.2) is 11.2 Å². The standard InChI is InChI=1S/C20H15ClFN5O2/c1-11-3-6-13(7-4-11)27-18-16(23-10-26(2)20(18)29)17(25-27)19(28)24-12-5-8-15(22)14(21)9-12/h3-10H,1-2H3,(H,24,28). The fraction of sp³-hybridized carbons (Fsp3) is 0.100. The first-order chi connectivity index (χ1) is 13.8. The quantitative estimate of drug-likeness (QED) is 0.559. The molecule has 1 N–H and O–H groups in total. The molecule has 9 heteroatoms. The van der Waals surface area contributed by atoms with E-state index in [-0.39, 0.29) is 27.3 Å². The number of hydrogen-bond donors (Lipinski definition) is 1. The first-order valence-electron chi connectivity index (χ1n) is 8.63. The maximum Gasteiger partial charge on any atom is 0.279 e. The number of hydrogen-bond acceptors (Lipinski definition) is 4. The van der Waals surface area contributed by atoms with Gasteiger partial charge in [0.25, 0.3) is 11.5 Å². The van der Waals surface area contributed by atoms with Crippen molar-refractivity contribution in [2.45, 2.75) is 6.92 Å². The number of aromatic nitrogens is 4. The van der Waals surface area contributed by atoms with E-state index in [4.69, 9.17) is 11.6 Å². The summed E-state index contributed by atoms with van der Waals surface area (Å²) in [7, 11) is 1.57. The second-order valence-electron chi connectivity index (χ2n) is 6.54. The van der Waals surface area contributed by atoms with Crippen molar-refractivity contribution in [1.29, 1.82) is 0 Å². The molecular weight excluding hydrogens is 397 g/mol. The predicted molar refractivity (Wildman–Crippen MR) is 108 cm³/mol. The number of nitrogens with one attached hydrogen (secondary N) is 1. The molecule has 4 aromatic rings. The van der Waals surface area contributed by atoms with Crippen LogP contribution in [0.15, 0.2) is 53.6 Å². The number of fused-ring (bicyclic) bond motifs is 1. The molecule has 1 amide bonds. The second-order valence-corrected chi connectivity index (χ2v) is 6.94.